The van der Waals surface area contributed by atoms with Crippen LogP contribution in [0.15, 0.2) is 194 Å². The molecule has 338 valence electrons. The summed E-state index contributed by atoms with van der Waals surface area (Å²) in [7, 11) is 0. The van der Waals surface area contributed by atoms with Crippen LogP contribution in [0.3, 0.4) is 0 Å². The normalized spacial score (nSPS) is 11.7. The second kappa shape index (κ2) is 18.5. The first-order valence-electron chi connectivity index (χ1n) is 23.1. The van der Waals surface area contributed by atoms with E-state index in [2.05, 4.69) is 217 Å². The van der Waals surface area contributed by atoms with Crippen molar-refractivity contribution in [3.05, 3.63) is 217 Å². The van der Waals surface area contributed by atoms with Gasteiger partial charge >= 0.3 is 0 Å². The number of pyridine rings is 1. The first-order chi connectivity index (χ1) is 32.3. The minimum atomic E-state index is -0.164. The molecule has 1 N–H and O–H groups in total. The van der Waals surface area contributed by atoms with Gasteiger partial charge in [0, 0.05) is 33.0 Å². The van der Waals surface area contributed by atoms with Crippen LogP contribution in [0.5, 0.6) is 5.75 Å². The van der Waals surface area contributed by atoms with Crippen LogP contribution >= 0.6 is 0 Å². The number of phenols is 1. The molecule has 4 nitrogen and oxygen atoms in total. The van der Waals surface area contributed by atoms with Gasteiger partial charge in [0.2, 0.25) is 0 Å². The number of para-hydroxylation sites is 2. The van der Waals surface area contributed by atoms with Gasteiger partial charge in [-0.15, -0.1) is 29.3 Å². The zero-order chi connectivity index (χ0) is 46.5. The van der Waals surface area contributed by atoms with Crippen molar-refractivity contribution in [1.82, 2.24) is 14.5 Å². The molecule has 5 heteroatoms. The minimum Gasteiger partial charge on any atom is -0.507 e. The molecule has 0 atom stereocenters. The Morgan fingerprint density at radius 1 is 0.500 bits per heavy atom. The van der Waals surface area contributed by atoms with E-state index in [-0.39, 0.29) is 37.6 Å². The number of aryl methyl sites for hydroxylation is 1. The van der Waals surface area contributed by atoms with Crippen molar-refractivity contribution in [3.63, 3.8) is 0 Å². The van der Waals surface area contributed by atoms with Gasteiger partial charge in [0.15, 0.2) is 0 Å². The second-order valence-electron chi connectivity index (χ2n) is 19.6. The average molecular weight is 1060 g/mol. The van der Waals surface area contributed by atoms with E-state index in [1.54, 1.807) is 6.07 Å². The summed E-state index contributed by atoms with van der Waals surface area (Å²) in [5.41, 5.74) is 19.7. The van der Waals surface area contributed by atoms with Crippen LogP contribution in [0.1, 0.15) is 58.2 Å². The van der Waals surface area contributed by atoms with Gasteiger partial charge in [0.05, 0.1) is 22.3 Å². The Balaban J connectivity index is 0.00000578. The molecular weight excluding hydrogens is 1010 g/mol. The zero-order valence-electron chi connectivity index (χ0n) is 39.6. The van der Waals surface area contributed by atoms with Crippen LogP contribution in [0.4, 0.5) is 0 Å². The van der Waals surface area contributed by atoms with Gasteiger partial charge in [0.25, 0.3) is 0 Å². The number of hydrogen-bond acceptors (Lipinski definition) is 3. The Labute approximate surface area is 415 Å². The molecule has 0 spiro atoms. The van der Waals surface area contributed by atoms with Crippen molar-refractivity contribution in [2.24, 2.45) is 0 Å². The number of aromatic nitrogens is 3. The van der Waals surface area contributed by atoms with Gasteiger partial charge < -0.3 is 5.11 Å². The van der Waals surface area contributed by atoms with Crippen molar-refractivity contribution in [3.8, 4) is 89.7 Å². The number of aromatic hydroxyl groups is 1. The summed E-state index contributed by atoms with van der Waals surface area (Å²) in [6, 6.07) is 69.7. The first kappa shape index (κ1) is 46.0. The minimum absolute atomic E-state index is 0. The molecule has 8 aromatic carbocycles. The predicted molar refractivity (Wildman–Crippen MR) is 280 cm³/mol. The monoisotopic (exact) mass is 1060 g/mol. The molecule has 0 aliphatic rings. The third-order valence-corrected chi connectivity index (χ3v) is 12.9. The summed E-state index contributed by atoms with van der Waals surface area (Å²) in [5, 5.41) is 11.4. The number of hydrogen-bond donors (Lipinski definition) is 1. The van der Waals surface area contributed by atoms with E-state index < -0.39 is 0 Å². The number of fused-ring (bicyclic) bond motifs is 1. The largest absolute Gasteiger partial charge is 0.507 e. The van der Waals surface area contributed by atoms with Crippen LogP contribution in [-0.4, -0.2) is 19.6 Å². The molecule has 0 fully saturated rings. The first-order valence-corrected chi connectivity index (χ1v) is 23.1. The smallest absolute Gasteiger partial charge is 0.148 e. The molecular formula is C63H54N3OPt-. The van der Waals surface area contributed by atoms with Gasteiger partial charge in [-0.2, -0.15) is 0 Å². The molecule has 0 saturated carbocycles. The van der Waals surface area contributed by atoms with E-state index in [0.717, 1.165) is 61.4 Å². The maximum absolute atomic E-state index is 11.4. The molecule has 0 bridgehead atoms. The molecule has 2 aromatic heterocycles. The molecule has 0 aliphatic carbocycles. The van der Waals surface area contributed by atoms with E-state index >= 15 is 0 Å². The summed E-state index contributed by atoms with van der Waals surface area (Å²) >= 11 is 0. The van der Waals surface area contributed by atoms with Crippen LogP contribution in [0.2, 0.25) is 0 Å². The number of benzene rings is 8. The molecule has 2 heterocycles. The van der Waals surface area contributed by atoms with Crippen LogP contribution in [0, 0.1) is 13.0 Å². The molecule has 0 unspecified atom stereocenters. The van der Waals surface area contributed by atoms with Crippen LogP contribution in [0.25, 0.3) is 95.0 Å². The Bertz CT molecular complexity index is 3430. The van der Waals surface area contributed by atoms with Gasteiger partial charge in [-0.25, -0.2) is 4.98 Å². The standard InChI is InChI=1S/C63H54N3O.Pt/c1-41-36-47(59-51(45-20-12-9-13-21-45)23-16-25-54(59)63(5,6)7)32-33-56(41)66-57-26-17-24-52(60(57)65-61(66)53-22-14-15-27-58(53)67)48-37-49(39-50(38-48)62(2,3)4)55-40-46(34-35-64-55)44-30-28-43(29-31-44)42-18-10-8-11-19-42;/h8-36,38-40,67H,1-7H3;/q-1;. The van der Waals surface area contributed by atoms with Crippen molar-refractivity contribution in [1.29, 1.82) is 0 Å². The van der Waals surface area contributed by atoms with Crippen molar-refractivity contribution < 1.29 is 26.2 Å². The summed E-state index contributed by atoms with van der Waals surface area (Å²) in [6.45, 7) is 15.8. The zero-order valence-corrected chi connectivity index (χ0v) is 41.9. The topological polar surface area (TPSA) is 50.9 Å². The average Bonchev–Trinajstić information content (AvgIpc) is 3.73. The molecule has 0 aliphatic heterocycles. The van der Waals surface area contributed by atoms with Crippen molar-refractivity contribution in [2.45, 2.75) is 59.3 Å². The number of phenolic OH excluding ortho intramolecular Hbond substituents is 1. The Morgan fingerprint density at radius 3 is 1.76 bits per heavy atom. The van der Waals surface area contributed by atoms with E-state index in [0.29, 0.717) is 11.4 Å². The van der Waals surface area contributed by atoms with E-state index in [1.807, 2.05) is 30.5 Å². The van der Waals surface area contributed by atoms with Crippen LogP contribution in [-0.2, 0) is 31.9 Å². The molecule has 0 amide bonds. The van der Waals surface area contributed by atoms with Gasteiger partial charge in [-0.1, -0.05) is 192 Å². The van der Waals surface area contributed by atoms with E-state index in [1.165, 1.54) is 38.9 Å². The molecule has 0 radical (unpaired) electrons. The Hall–Kier alpha value is -7.13. The molecule has 10 rings (SSSR count). The summed E-state index contributed by atoms with van der Waals surface area (Å²) in [5.74, 6) is 0.835. The Kier molecular flexibility index (Phi) is 12.5. The third kappa shape index (κ3) is 8.90. The van der Waals surface area contributed by atoms with Crippen molar-refractivity contribution in [2.75, 3.05) is 0 Å². The third-order valence-electron chi connectivity index (χ3n) is 12.9. The maximum atomic E-state index is 11.4. The fourth-order valence-corrected chi connectivity index (χ4v) is 9.34. The summed E-state index contributed by atoms with van der Waals surface area (Å²) in [4.78, 5) is 10.4. The quantitative estimate of drug-likeness (QED) is 0.154. The molecule has 0 saturated heterocycles. The fourth-order valence-electron chi connectivity index (χ4n) is 9.34. The molecule has 68 heavy (non-hydrogen) atoms. The predicted octanol–water partition coefficient (Wildman–Crippen LogP) is 16.5. The Morgan fingerprint density at radius 2 is 1.09 bits per heavy atom. The summed E-state index contributed by atoms with van der Waals surface area (Å²) in [6.07, 6.45) is 1.89. The van der Waals surface area contributed by atoms with Gasteiger partial charge in [0.1, 0.15) is 11.6 Å². The van der Waals surface area contributed by atoms with Crippen LogP contribution < -0.4 is 0 Å². The van der Waals surface area contributed by atoms with Crippen molar-refractivity contribution >= 4 is 11.0 Å². The van der Waals surface area contributed by atoms with E-state index in [9.17, 15) is 5.11 Å². The maximum Gasteiger partial charge on any atom is 0.148 e. The number of nitrogens with zero attached hydrogens (tertiary/aromatic N) is 3. The second-order valence-corrected chi connectivity index (χ2v) is 19.6. The SMILES string of the molecule is Cc1cc(-c2c(-c3ccccc3)cccc2C(C)(C)C)ccc1-n1c(-c2ccccc2O)nc2c(-c3[c-]c(-c4cc(-c5ccc(-c6ccccc6)cc5)ccn4)cc(C(C)(C)C)c3)cccc21.[Pt]. The fraction of sp³-hybridized carbons (Fsp3) is 0.143. The number of imidazole rings is 1. The summed E-state index contributed by atoms with van der Waals surface area (Å²) < 4.78 is 2.21. The molecule has 10 aromatic rings. The van der Waals surface area contributed by atoms with Gasteiger partial charge in [-0.3, -0.25) is 9.55 Å². The van der Waals surface area contributed by atoms with E-state index in [4.69, 9.17) is 9.97 Å². The number of rotatable bonds is 8. The van der Waals surface area contributed by atoms with Gasteiger partial charge in [-0.05, 0) is 110 Å².